The molecule has 1 heterocycles. The van der Waals surface area contributed by atoms with Crippen LogP contribution in [-0.2, 0) is 5.21 Å². The Hall–Kier alpha value is -1.93. The van der Waals surface area contributed by atoms with Crippen LogP contribution in [0.5, 0.6) is 0 Å². The van der Waals surface area contributed by atoms with Crippen molar-refractivity contribution in [2.75, 3.05) is 18.8 Å². The second kappa shape index (κ2) is 7.96. The average Bonchev–Trinajstić information content (AvgIpc) is 2.67. The highest BCUT2D eigenvalue weighted by atomic mass is 32.3. The van der Waals surface area contributed by atoms with Crippen LogP contribution in [0, 0.1) is 12.3 Å². The van der Waals surface area contributed by atoms with E-state index in [4.69, 9.17) is 4.98 Å². The van der Waals surface area contributed by atoms with E-state index in [1.54, 1.807) is 0 Å². The van der Waals surface area contributed by atoms with Crippen LogP contribution in [0.3, 0.4) is 0 Å². The summed E-state index contributed by atoms with van der Waals surface area (Å²) < 4.78 is 0. The molecule has 0 bridgehead atoms. The summed E-state index contributed by atoms with van der Waals surface area (Å²) in [6, 6.07) is 19.7. The molecule has 3 rings (SSSR count). The normalized spacial score (nSPS) is 13.3. The van der Waals surface area contributed by atoms with Gasteiger partial charge in [-0.1, -0.05) is 68.4 Å². The molecule has 4 heteroatoms. The second-order valence-electron chi connectivity index (χ2n) is 10.7. The van der Waals surface area contributed by atoms with E-state index < -0.39 is 10.0 Å². The fourth-order valence-corrected chi connectivity index (χ4v) is 5.11. The van der Waals surface area contributed by atoms with Crippen molar-refractivity contribution in [3.8, 4) is 22.4 Å². The minimum absolute atomic E-state index is 0.0368. The quantitative estimate of drug-likeness (QED) is 0.531. The van der Waals surface area contributed by atoms with Crippen molar-refractivity contribution in [2.24, 2.45) is 5.41 Å². The molecule has 0 spiro atoms. The average molecular weight is 415 g/mol. The number of rotatable bonds is 4. The van der Waals surface area contributed by atoms with Gasteiger partial charge in [-0.05, 0) is 70.4 Å². The van der Waals surface area contributed by atoms with E-state index >= 15 is 0 Å². The Morgan fingerprint density at radius 3 is 2.03 bits per heavy atom. The minimum atomic E-state index is -0.923. The van der Waals surface area contributed by atoms with E-state index in [1.807, 2.05) is 0 Å². The molecule has 0 aliphatic carbocycles. The monoisotopic (exact) mass is 415 g/mol. The SMILES string of the molecule is BC(B)(c1cnc(-c2cc(-c3ccccc3)ccc2C)cc1S(C)(C)C)C(C)(C)C. The van der Waals surface area contributed by atoms with Crippen molar-refractivity contribution in [3.63, 3.8) is 0 Å². The topological polar surface area (TPSA) is 12.9 Å². The molecule has 1 nitrogen and oxygen atoms in total. The molecular weight excluding hydrogens is 380 g/mol. The van der Waals surface area contributed by atoms with Gasteiger partial charge in [-0.2, -0.15) is 0 Å². The molecule has 0 radical (unpaired) electrons. The summed E-state index contributed by atoms with van der Waals surface area (Å²) in [4.78, 5) is 6.48. The molecular formula is C26H35B2NS. The molecule has 0 saturated heterocycles. The van der Waals surface area contributed by atoms with E-state index in [2.05, 4.69) is 123 Å². The minimum Gasteiger partial charge on any atom is -0.256 e. The number of hydrogen-bond donors (Lipinski definition) is 0. The van der Waals surface area contributed by atoms with Gasteiger partial charge in [-0.3, -0.25) is 4.98 Å². The maximum Gasteiger partial charge on any atom is 0.105 e. The first-order valence-electron chi connectivity index (χ1n) is 10.7. The largest absolute Gasteiger partial charge is 0.256 e. The highest BCUT2D eigenvalue weighted by Crippen LogP contribution is 2.52. The Bertz CT molecular complexity index is 1040. The molecule has 0 N–H and O–H groups in total. The van der Waals surface area contributed by atoms with Gasteiger partial charge in [0.25, 0.3) is 0 Å². The smallest absolute Gasteiger partial charge is 0.105 e. The van der Waals surface area contributed by atoms with Gasteiger partial charge in [0, 0.05) is 11.8 Å². The van der Waals surface area contributed by atoms with E-state index in [-0.39, 0.29) is 10.6 Å². The molecule has 0 aliphatic heterocycles. The Kier molecular flexibility index (Phi) is 6.04. The van der Waals surface area contributed by atoms with Crippen LogP contribution in [0.4, 0.5) is 0 Å². The fourth-order valence-electron chi connectivity index (χ4n) is 3.67. The third-order valence-electron chi connectivity index (χ3n) is 6.69. The van der Waals surface area contributed by atoms with Crippen LogP contribution in [0.15, 0.2) is 65.7 Å². The predicted molar refractivity (Wildman–Crippen MR) is 142 cm³/mol. The highest BCUT2D eigenvalue weighted by Gasteiger charge is 2.37. The first kappa shape index (κ1) is 22.7. The molecule has 0 aliphatic rings. The summed E-state index contributed by atoms with van der Waals surface area (Å²) in [6.45, 7) is 9.17. The lowest BCUT2D eigenvalue weighted by Crippen LogP contribution is -2.42. The summed E-state index contributed by atoms with van der Waals surface area (Å²) in [7, 11) is 3.80. The second-order valence-corrected chi connectivity index (χ2v) is 14.8. The lowest BCUT2D eigenvalue weighted by molar-refractivity contribution is 0.354. The number of nitrogens with zero attached hydrogens (tertiary/aromatic N) is 1. The van der Waals surface area contributed by atoms with Gasteiger partial charge in [0.2, 0.25) is 0 Å². The summed E-state index contributed by atoms with van der Waals surface area (Å²) in [5.74, 6) is 0. The van der Waals surface area contributed by atoms with Gasteiger partial charge in [0.1, 0.15) is 15.7 Å². The van der Waals surface area contributed by atoms with Gasteiger partial charge < -0.3 is 0 Å². The molecule has 0 atom stereocenters. The zero-order chi connectivity index (χ0) is 22.3. The van der Waals surface area contributed by atoms with Crippen molar-refractivity contribution >= 4 is 25.7 Å². The number of benzene rings is 2. The van der Waals surface area contributed by atoms with Crippen LogP contribution in [-0.4, -0.2) is 39.4 Å². The summed E-state index contributed by atoms with van der Waals surface area (Å²) in [6.07, 6.45) is 9.33. The lowest BCUT2D eigenvalue weighted by atomic mass is 9.41. The molecule has 0 fully saturated rings. The summed E-state index contributed by atoms with van der Waals surface area (Å²) in [5, 5.41) is 0.0368. The molecule has 30 heavy (non-hydrogen) atoms. The van der Waals surface area contributed by atoms with Crippen LogP contribution >= 0.6 is 10.0 Å². The van der Waals surface area contributed by atoms with Crippen LogP contribution in [0.25, 0.3) is 22.4 Å². The van der Waals surface area contributed by atoms with E-state index in [1.165, 1.54) is 32.7 Å². The van der Waals surface area contributed by atoms with Crippen molar-refractivity contribution in [3.05, 3.63) is 71.9 Å². The van der Waals surface area contributed by atoms with Crippen molar-refractivity contribution in [1.82, 2.24) is 4.98 Å². The number of pyridine rings is 1. The number of aromatic nitrogens is 1. The lowest BCUT2D eigenvalue weighted by Gasteiger charge is -2.43. The first-order valence-corrected chi connectivity index (χ1v) is 13.5. The molecule has 0 unspecified atom stereocenters. The molecule has 3 aromatic rings. The maximum absolute atomic E-state index is 5.01. The third-order valence-corrected chi connectivity index (χ3v) is 8.35. The van der Waals surface area contributed by atoms with Crippen LogP contribution in [0.1, 0.15) is 31.9 Å². The van der Waals surface area contributed by atoms with Crippen LogP contribution < -0.4 is 0 Å². The fraction of sp³-hybridized carbons (Fsp3) is 0.346. The summed E-state index contributed by atoms with van der Waals surface area (Å²) >= 11 is 0. The zero-order valence-electron chi connectivity index (χ0n) is 20.1. The van der Waals surface area contributed by atoms with E-state index in [0.717, 1.165) is 5.69 Å². The van der Waals surface area contributed by atoms with E-state index in [0.29, 0.717) is 0 Å². The Morgan fingerprint density at radius 2 is 1.47 bits per heavy atom. The predicted octanol–water partition coefficient (Wildman–Crippen LogP) is 5.24. The number of aryl methyl sites for hydroxylation is 1. The highest BCUT2D eigenvalue weighted by molar-refractivity contribution is 8.32. The van der Waals surface area contributed by atoms with Gasteiger partial charge in [-0.15, -0.1) is 0 Å². The van der Waals surface area contributed by atoms with Crippen molar-refractivity contribution < 1.29 is 0 Å². The molecule has 2 aromatic carbocycles. The Labute approximate surface area is 186 Å². The van der Waals surface area contributed by atoms with Gasteiger partial charge in [-0.25, -0.2) is 10.0 Å². The van der Waals surface area contributed by atoms with Gasteiger partial charge in [0.05, 0.1) is 5.69 Å². The third kappa shape index (κ3) is 4.39. The van der Waals surface area contributed by atoms with E-state index in [9.17, 15) is 0 Å². The maximum atomic E-state index is 5.01. The Morgan fingerprint density at radius 1 is 0.833 bits per heavy atom. The molecule has 0 amide bonds. The molecule has 1 aromatic heterocycles. The van der Waals surface area contributed by atoms with Crippen molar-refractivity contribution in [1.29, 1.82) is 0 Å². The summed E-state index contributed by atoms with van der Waals surface area (Å²) in [5.41, 5.74) is 7.59. The number of hydrogen-bond acceptors (Lipinski definition) is 1. The molecule has 156 valence electrons. The molecule has 0 saturated carbocycles. The van der Waals surface area contributed by atoms with Gasteiger partial charge >= 0.3 is 0 Å². The van der Waals surface area contributed by atoms with Gasteiger partial charge in [0.15, 0.2) is 0 Å². The Balaban J connectivity index is 2.19. The van der Waals surface area contributed by atoms with Crippen LogP contribution in [0.2, 0.25) is 0 Å². The standard InChI is InChI=1S/C26H35B2NS/c1-18-13-14-20(19-11-9-8-10-12-19)15-21(18)23-16-24(30(5,6)7)22(17-29-23)26(27,28)25(2,3)4/h8-17H,27-28H2,1-7H3. The zero-order valence-corrected chi connectivity index (χ0v) is 20.9. The first-order chi connectivity index (χ1) is 13.8. The van der Waals surface area contributed by atoms with Crippen molar-refractivity contribution in [2.45, 2.75) is 37.8 Å².